The number of pyridine rings is 1. The summed E-state index contributed by atoms with van der Waals surface area (Å²) in [4.78, 5) is 16.5. The van der Waals surface area contributed by atoms with Crippen LogP contribution in [0.1, 0.15) is 47.2 Å². The van der Waals surface area contributed by atoms with Crippen molar-refractivity contribution in [2.75, 3.05) is 10.6 Å². The second-order valence-corrected chi connectivity index (χ2v) is 7.12. The van der Waals surface area contributed by atoms with Crippen LogP contribution in [-0.4, -0.2) is 23.0 Å². The largest absolute Gasteiger partial charge is 0.365 e. The minimum absolute atomic E-state index is 0.00887. The summed E-state index contributed by atoms with van der Waals surface area (Å²) in [5, 5.41) is 24.8. The molecule has 8 heteroatoms. The first-order valence-corrected chi connectivity index (χ1v) is 9.51. The molecule has 1 aliphatic rings. The van der Waals surface area contributed by atoms with Crippen molar-refractivity contribution < 1.29 is 4.79 Å². The molecule has 1 amide bonds. The summed E-state index contributed by atoms with van der Waals surface area (Å²) in [6, 6.07) is 12.9. The Balaban J connectivity index is 1.96. The van der Waals surface area contributed by atoms with Crippen molar-refractivity contribution in [1.82, 2.24) is 4.98 Å². The molecular formula is C21H23N7O. The van der Waals surface area contributed by atoms with Gasteiger partial charge in [-0.1, -0.05) is 25.0 Å². The van der Waals surface area contributed by atoms with Crippen LogP contribution in [-0.2, 0) is 6.42 Å². The van der Waals surface area contributed by atoms with E-state index in [9.17, 15) is 10.1 Å². The van der Waals surface area contributed by atoms with E-state index in [2.05, 4.69) is 27.8 Å². The van der Waals surface area contributed by atoms with Crippen LogP contribution in [0.25, 0.3) is 0 Å². The van der Waals surface area contributed by atoms with Crippen LogP contribution in [0.3, 0.4) is 0 Å². The molecule has 29 heavy (non-hydrogen) atoms. The molecule has 1 saturated carbocycles. The number of nitrogens with one attached hydrogen (secondary N) is 2. The number of hydrogen-bond acceptors (Lipinski definition) is 7. The number of nitrogens with two attached hydrogens (primary N) is 2. The van der Waals surface area contributed by atoms with Crippen molar-refractivity contribution in [3.8, 4) is 12.1 Å². The number of hydrogen-bond donors (Lipinski definition) is 4. The van der Waals surface area contributed by atoms with E-state index in [1.54, 1.807) is 12.1 Å². The molecule has 2 atom stereocenters. The molecule has 1 heterocycles. The summed E-state index contributed by atoms with van der Waals surface area (Å²) < 4.78 is 0. The number of nitriles is 2. The highest BCUT2D eigenvalue weighted by atomic mass is 16.1. The van der Waals surface area contributed by atoms with Gasteiger partial charge in [0.1, 0.15) is 17.7 Å². The van der Waals surface area contributed by atoms with Gasteiger partial charge in [0.2, 0.25) is 0 Å². The van der Waals surface area contributed by atoms with E-state index >= 15 is 0 Å². The fourth-order valence-electron chi connectivity index (χ4n) is 3.49. The Bertz CT molecular complexity index is 989. The lowest BCUT2D eigenvalue weighted by Gasteiger charge is -2.30. The van der Waals surface area contributed by atoms with Gasteiger partial charge in [0, 0.05) is 17.8 Å². The molecule has 1 aliphatic carbocycles. The van der Waals surface area contributed by atoms with E-state index in [0.717, 1.165) is 31.2 Å². The lowest BCUT2D eigenvalue weighted by molar-refractivity contribution is 0.100. The molecular weight excluding hydrogens is 366 g/mol. The Hall–Kier alpha value is -3.62. The maximum absolute atomic E-state index is 12.0. The van der Waals surface area contributed by atoms with Crippen LogP contribution in [0.2, 0.25) is 0 Å². The number of amides is 1. The highest BCUT2D eigenvalue weighted by Crippen LogP contribution is 2.27. The van der Waals surface area contributed by atoms with E-state index in [4.69, 9.17) is 16.7 Å². The number of carbonyl (C=O) groups excluding carboxylic acids is 1. The Kier molecular flexibility index (Phi) is 6.28. The average Bonchev–Trinajstić information content (AvgIpc) is 2.70. The Morgan fingerprint density at radius 1 is 1.21 bits per heavy atom. The number of anilines is 3. The van der Waals surface area contributed by atoms with Gasteiger partial charge in [-0.25, -0.2) is 4.98 Å². The molecule has 0 bridgehead atoms. The molecule has 1 fully saturated rings. The van der Waals surface area contributed by atoms with Crippen LogP contribution < -0.4 is 22.1 Å². The molecule has 148 valence electrons. The molecule has 0 spiro atoms. The Morgan fingerprint density at radius 2 is 2.00 bits per heavy atom. The summed E-state index contributed by atoms with van der Waals surface area (Å²) in [6.45, 7) is 0. The summed E-state index contributed by atoms with van der Waals surface area (Å²) in [6.07, 6.45) is 4.22. The first kappa shape index (κ1) is 20.1. The van der Waals surface area contributed by atoms with Gasteiger partial charge in [0.05, 0.1) is 23.6 Å². The molecule has 0 aliphatic heterocycles. The van der Waals surface area contributed by atoms with Crippen molar-refractivity contribution in [2.24, 2.45) is 11.5 Å². The average molecular weight is 389 g/mol. The number of nitrogens with zero attached hydrogens (tertiary/aromatic N) is 3. The number of rotatable bonds is 6. The van der Waals surface area contributed by atoms with Crippen molar-refractivity contribution >= 4 is 23.2 Å². The third-order valence-electron chi connectivity index (χ3n) is 5.02. The molecule has 1 aromatic heterocycles. The highest BCUT2D eigenvalue weighted by molar-refractivity contribution is 5.99. The van der Waals surface area contributed by atoms with E-state index in [-0.39, 0.29) is 35.4 Å². The van der Waals surface area contributed by atoms with Gasteiger partial charge in [0.25, 0.3) is 5.91 Å². The van der Waals surface area contributed by atoms with E-state index in [0.29, 0.717) is 11.5 Å². The van der Waals surface area contributed by atoms with Crippen LogP contribution in [0, 0.1) is 22.7 Å². The summed E-state index contributed by atoms with van der Waals surface area (Å²) in [7, 11) is 0. The number of primary amides is 1. The quantitative estimate of drug-likeness (QED) is 0.592. The zero-order chi connectivity index (χ0) is 20.8. The van der Waals surface area contributed by atoms with Gasteiger partial charge in [-0.15, -0.1) is 0 Å². The Labute approximate surface area is 169 Å². The van der Waals surface area contributed by atoms with Gasteiger partial charge >= 0.3 is 0 Å². The standard InChI is InChI=1S/C21H23N7O/c22-9-8-13-4-3-5-15(10-13)26-21-16(19(25)29)11-14(12-23)20(28-21)27-18-7-2-1-6-17(18)24/h3-5,10-11,17-18H,1-2,6-8,24H2,(H2,25,29)(H2,26,27,28)/t17-,18+/m0/s1. The normalized spacial score (nSPS) is 18.3. The minimum Gasteiger partial charge on any atom is -0.365 e. The first-order valence-electron chi connectivity index (χ1n) is 9.51. The molecule has 0 saturated heterocycles. The number of aromatic nitrogens is 1. The Morgan fingerprint density at radius 3 is 2.69 bits per heavy atom. The third-order valence-corrected chi connectivity index (χ3v) is 5.02. The molecule has 2 aromatic rings. The highest BCUT2D eigenvalue weighted by Gasteiger charge is 2.24. The fourth-order valence-corrected chi connectivity index (χ4v) is 3.49. The van der Waals surface area contributed by atoms with Gasteiger partial charge in [-0.3, -0.25) is 4.79 Å². The van der Waals surface area contributed by atoms with Crippen molar-refractivity contribution in [2.45, 2.75) is 44.2 Å². The maximum atomic E-state index is 12.0. The number of carbonyl (C=O) groups is 1. The lowest BCUT2D eigenvalue weighted by atomic mass is 9.91. The zero-order valence-corrected chi connectivity index (χ0v) is 16.0. The summed E-state index contributed by atoms with van der Waals surface area (Å²) in [5.41, 5.74) is 13.6. The summed E-state index contributed by atoms with van der Waals surface area (Å²) >= 11 is 0. The fraction of sp³-hybridized carbons (Fsp3) is 0.333. The van der Waals surface area contributed by atoms with Crippen LogP contribution >= 0.6 is 0 Å². The van der Waals surface area contributed by atoms with E-state index in [1.807, 2.05) is 12.1 Å². The third kappa shape index (κ3) is 4.81. The smallest absolute Gasteiger partial charge is 0.252 e. The van der Waals surface area contributed by atoms with Crippen LogP contribution in [0.5, 0.6) is 0 Å². The van der Waals surface area contributed by atoms with E-state index < -0.39 is 5.91 Å². The van der Waals surface area contributed by atoms with Gasteiger partial charge in [0.15, 0.2) is 0 Å². The topological polar surface area (TPSA) is 154 Å². The van der Waals surface area contributed by atoms with Crippen LogP contribution in [0.15, 0.2) is 30.3 Å². The molecule has 8 nitrogen and oxygen atoms in total. The van der Waals surface area contributed by atoms with Crippen molar-refractivity contribution in [3.63, 3.8) is 0 Å². The molecule has 0 radical (unpaired) electrons. The zero-order valence-electron chi connectivity index (χ0n) is 16.0. The van der Waals surface area contributed by atoms with Crippen LogP contribution in [0.4, 0.5) is 17.3 Å². The molecule has 0 unspecified atom stereocenters. The SMILES string of the molecule is N#CCc1cccc(Nc2nc(N[C@@H]3CCCC[C@@H]3N)c(C#N)cc2C(N)=O)c1. The number of benzene rings is 1. The first-order chi connectivity index (χ1) is 14.0. The predicted molar refractivity (Wildman–Crippen MR) is 110 cm³/mol. The van der Waals surface area contributed by atoms with Gasteiger partial charge < -0.3 is 22.1 Å². The van der Waals surface area contributed by atoms with Gasteiger partial charge in [-0.2, -0.15) is 10.5 Å². The minimum atomic E-state index is -0.689. The maximum Gasteiger partial charge on any atom is 0.252 e. The van der Waals surface area contributed by atoms with Crippen molar-refractivity contribution in [1.29, 1.82) is 10.5 Å². The second kappa shape index (κ2) is 9.05. The molecule has 3 rings (SSSR count). The van der Waals surface area contributed by atoms with E-state index in [1.165, 1.54) is 6.07 Å². The molecule has 1 aromatic carbocycles. The monoisotopic (exact) mass is 389 g/mol. The summed E-state index contributed by atoms with van der Waals surface area (Å²) in [5.74, 6) is -0.0707. The molecule has 6 N–H and O–H groups in total. The predicted octanol–water partition coefficient (Wildman–Crippen LogP) is 2.54. The van der Waals surface area contributed by atoms with Gasteiger partial charge in [-0.05, 0) is 36.6 Å². The lowest BCUT2D eigenvalue weighted by Crippen LogP contribution is -2.43. The second-order valence-electron chi connectivity index (χ2n) is 7.12. The van der Waals surface area contributed by atoms with Crippen molar-refractivity contribution in [3.05, 3.63) is 47.0 Å².